The van der Waals surface area contributed by atoms with Crippen LogP contribution in [0.2, 0.25) is 0 Å². The summed E-state index contributed by atoms with van der Waals surface area (Å²) < 4.78 is 26.6. The third-order valence-corrected chi connectivity index (χ3v) is 9.69. The molecule has 0 aromatic carbocycles. The summed E-state index contributed by atoms with van der Waals surface area (Å²) >= 11 is 0. The van der Waals surface area contributed by atoms with Crippen molar-refractivity contribution in [2.24, 2.45) is 0 Å². The molecule has 0 bridgehead atoms. The smallest absolute Gasteiger partial charge is 0.472 e. The lowest BCUT2D eigenvalue weighted by molar-refractivity contribution is -0.147. The van der Waals surface area contributed by atoms with E-state index >= 15 is 0 Å². The molecule has 0 saturated heterocycles. The Hall–Kier alpha value is -2.04. The van der Waals surface area contributed by atoms with Crippen LogP contribution in [-0.2, 0) is 32.7 Å². The maximum atomic E-state index is 12.1. The highest BCUT2D eigenvalue weighted by molar-refractivity contribution is 7.47. The number of phosphoric ester groups is 1. The zero-order valence-corrected chi connectivity index (χ0v) is 33.5. The number of aliphatic hydroxyl groups excluding tert-OH is 1. The van der Waals surface area contributed by atoms with Gasteiger partial charge in [0, 0.05) is 12.8 Å². The Balaban J connectivity index is 3.74. The standard InChI is InChI=1S/C40H74NO10P/c1-3-5-7-9-10-11-12-13-14-15-16-17-18-19-20-21-22-23-24-25-26-28-30-32-39(44)49-33-36(42)34-50-52(47,48)51-35-37(40(45)46)41-38(43)31-29-27-8-6-4-2/h10-11,13-14,36-37,42H,3-9,12,15-35H2,1-2H3,(H,41,43)(H,45,46)(H,47,48)/b11-10-,14-13-. The van der Waals surface area contributed by atoms with E-state index in [1.54, 1.807) is 0 Å². The summed E-state index contributed by atoms with van der Waals surface area (Å²) in [7, 11) is -4.74. The highest BCUT2D eigenvalue weighted by Crippen LogP contribution is 2.43. The molecule has 0 spiro atoms. The van der Waals surface area contributed by atoms with Gasteiger partial charge in [-0.05, 0) is 44.9 Å². The molecule has 0 aromatic rings. The molecule has 11 nitrogen and oxygen atoms in total. The number of hydrogen-bond acceptors (Lipinski definition) is 8. The minimum absolute atomic E-state index is 0.142. The van der Waals surface area contributed by atoms with Crippen molar-refractivity contribution in [3.8, 4) is 0 Å². The molecular formula is C40H74NO10P. The number of nitrogens with one attached hydrogen (secondary N) is 1. The van der Waals surface area contributed by atoms with Crippen LogP contribution in [0.4, 0.5) is 0 Å². The quantitative estimate of drug-likeness (QED) is 0.0206. The summed E-state index contributed by atoms with van der Waals surface area (Å²) in [5, 5.41) is 21.6. The average Bonchev–Trinajstić information content (AvgIpc) is 3.11. The molecule has 0 fully saturated rings. The molecule has 0 aliphatic carbocycles. The zero-order valence-electron chi connectivity index (χ0n) is 32.6. The van der Waals surface area contributed by atoms with Gasteiger partial charge >= 0.3 is 19.8 Å². The van der Waals surface area contributed by atoms with E-state index < -0.39 is 57.6 Å². The molecule has 0 aliphatic rings. The van der Waals surface area contributed by atoms with E-state index in [1.165, 1.54) is 89.9 Å². The molecule has 304 valence electrons. The normalized spacial score (nSPS) is 14.1. The Morgan fingerprint density at radius 2 is 1.06 bits per heavy atom. The van der Waals surface area contributed by atoms with Crippen molar-refractivity contribution in [2.45, 2.75) is 193 Å². The van der Waals surface area contributed by atoms with Crippen molar-refractivity contribution in [3.05, 3.63) is 24.3 Å². The van der Waals surface area contributed by atoms with Crippen LogP contribution in [0.5, 0.6) is 0 Å². The lowest BCUT2D eigenvalue weighted by atomic mass is 10.0. The first kappa shape index (κ1) is 50.0. The summed E-state index contributed by atoms with van der Waals surface area (Å²) in [5.74, 6) is -2.39. The van der Waals surface area contributed by atoms with Crippen LogP contribution >= 0.6 is 7.82 Å². The molecule has 1 amide bonds. The maximum absolute atomic E-state index is 12.1. The second-order valence-electron chi connectivity index (χ2n) is 13.8. The Bertz CT molecular complexity index is 989. The number of amides is 1. The van der Waals surface area contributed by atoms with E-state index in [0.717, 1.165) is 51.4 Å². The minimum Gasteiger partial charge on any atom is -0.480 e. The summed E-state index contributed by atoms with van der Waals surface area (Å²) in [5.41, 5.74) is 0. The maximum Gasteiger partial charge on any atom is 0.472 e. The lowest BCUT2D eigenvalue weighted by Gasteiger charge is -2.18. The number of ether oxygens (including phenoxy) is 1. The molecule has 0 aliphatic heterocycles. The topological polar surface area (TPSA) is 169 Å². The Morgan fingerprint density at radius 1 is 0.615 bits per heavy atom. The summed E-state index contributed by atoms with van der Waals surface area (Å²) in [6.45, 7) is 2.43. The van der Waals surface area contributed by atoms with Gasteiger partial charge in [-0.25, -0.2) is 9.36 Å². The molecule has 4 N–H and O–H groups in total. The monoisotopic (exact) mass is 760 g/mol. The van der Waals surface area contributed by atoms with Crippen molar-refractivity contribution in [1.82, 2.24) is 5.32 Å². The van der Waals surface area contributed by atoms with Gasteiger partial charge in [0.1, 0.15) is 12.7 Å². The molecule has 0 aromatic heterocycles. The third-order valence-electron chi connectivity index (χ3n) is 8.74. The zero-order chi connectivity index (χ0) is 38.5. The Labute approximate surface area is 315 Å². The second-order valence-corrected chi connectivity index (χ2v) is 15.3. The molecule has 3 unspecified atom stereocenters. The number of rotatable bonds is 38. The van der Waals surface area contributed by atoms with E-state index in [1.807, 2.05) is 0 Å². The van der Waals surface area contributed by atoms with Crippen molar-refractivity contribution >= 4 is 25.7 Å². The molecular weight excluding hydrogens is 685 g/mol. The van der Waals surface area contributed by atoms with Gasteiger partial charge in [0.25, 0.3) is 0 Å². The highest BCUT2D eigenvalue weighted by Gasteiger charge is 2.28. The van der Waals surface area contributed by atoms with Gasteiger partial charge in [-0.1, -0.05) is 147 Å². The summed E-state index contributed by atoms with van der Waals surface area (Å²) in [4.78, 5) is 45.3. The van der Waals surface area contributed by atoms with Crippen molar-refractivity contribution in [3.63, 3.8) is 0 Å². The number of carboxylic acids is 1. The minimum atomic E-state index is -4.74. The number of phosphoric acid groups is 1. The van der Waals surface area contributed by atoms with Crippen molar-refractivity contribution in [1.29, 1.82) is 0 Å². The summed E-state index contributed by atoms with van der Waals surface area (Å²) in [6.07, 6.45) is 35.7. The first-order chi connectivity index (χ1) is 25.1. The molecule has 0 heterocycles. The summed E-state index contributed by atoms with van der Waals surface area (Å²) in [6, 6.07) is -1.54. The Morgan fingerprint density at radius 3 is 1.60 bits per heavy atom. The van der Waals surface area contributed by atoms with Gasteiger partial charge in [0.15, 0.2) is 6.04 Å². The number of carbonyl (C=O) groups excluding carboxylic acids is 2. The number of hydrogen-bond donors (Lipinski definition) is 4. The van der Waals surface area contributed by atoms with Gasteiger partial charge < -0.3 is 25.2 Å². The number of aliphatic carboxylic acids is 1. The molecule has 0 radical (unpaired) electrons. The van der Waals surface area contributed by atoms with Gasteiger partial charge in [0.05, 0.1) is 13.2 Å². The number of allylic oxidation sites excluding steroid dienone is 4. The first-order valence-electron chi connectivity index (χ1n) is 20.4. The van der Waals surface area contributed by atoms with E-state index in [-0.39, 0.29) is 12.8 Å². The van der Waals surface area contributed by atoms with E-state index in [2.05, 4.69) is 43.5 Å². The number of aliphatic hydroxyl groups is 1. The van der Waals surface area contributed by atoms with Crippen LogP contribution in [0.25, 0.3) is 0 Å². The second kappa shape index (κ2) is 36.0. The fraction of sp³-hybridized carbons (Fsp3) is 0.825. The van der Waals surface area contributed by atoms with E-state index in [9.17, 15) is 34.1 Å². The number of unbranched alkanes of at least 4 members (excludes halogenated alkanes) is 20. The fourth-order valence-electron chi connectivity index (χ4n) is 5.52. The molecule has 0 saturated carbocycles. The lowest BCUT2D eigenvalue weighted by Crippen LogP contribution is -2.43. The molecule has 3 atom stereocenters. The van der Waals surface area contributed by atoms with Crippen molar-refractivity contribution in [2.75, 3.05) is 19.8 Å². The van der Waals surface area contributed by atoms with Gasteiger partial charge in [-0.15, -0.1) is 0 Å². The van der Waals surface area contributed by atoms with Crippen LogP contribution in [0.3, 0.4) is 0 Å². The Kier molecular flexibility index (Phi) is 34.6. The van der Waals surface area contributed by atoms with Crippen LogP contribution in [0.15, 0.2) is 24.3 Å². The van der Waals surface area contributed by atoms with Gasteiger partial charge in [0.2, 0.25) is 5.91 Å². The van der Waals surface area contributed by atoms with Crippen LogP contribution in [0, 0.1) is 0 Å². The van der Waals surface area contributed by atoms with Gasteiger partial charge in [-0.2, -0.15) is 0 Å². The number of esters is 1. The largest absolute Gasteiger partial charge is 0.480 e. The van der Waals surface area contributed by atoms with E-state index in [0.29, 0.717) is 12.8 Å². The SMILES string of the molecule is CCCCC/C=C\C/C=C\CCCCCCCCCCCCCCCC(=O)OCC(O)COP(=O)(O)OCC(NC(=O)CCCCCCC)C(=O)O. The molecule has 12 heteroatoms. The highest BCUT2D eigenvalue weighted by atomic mass is 31.2. The third kappa shape index (κ3) is 35.0. The van der Waals surface area contributed by atoms with Crippen molar-refractivity contribution < 1.29 is 47.8 Å². The van der Waals surface area contributed by atoms with Crippen LogP contribution in [-0.4, -0.2) is 64.9 Å². The van der Waals surface area contributed by atoms with Crippen LogP contribution < -0.4 is 5.32 Å². The fourth-order valence-corrected chi connectivity index (χ4v) is 6.29. The van der Waals surface area contributed by atoms with Gasteiger partial charge in [-0.3, -0.25) is 18.6 Å². The first-order valence-corrected chi connectivity index (χ1v) is 21.9. The predicted octanol–water partition coefficient (Wildman–Crippen LogP) is 9.89. The molecule has 0 rings (SSSR count). The average molecular weight is 760 g/mol. The predicted molar refractivity (Wildman–Crippen MR) is 208 cm³/mol. The molecule has 52 heavy (non-hydrogen) atoms. The number of carboxylic acid groups (broad SMARTS) is 1. The van der Waals surface area contributed by atoms with E-state index in [4.69, 9.17) is 13.8 Å². The van der Waals surface area contributed by atoms with Crippen LogP contribution in [0.1, 0.15) is 181 Å². The number of carbonyl (C=O) groups is 3.